The molecule has 0 radical (unpaired) electrons. The highest BCUT2D eigenvalue weighted by molar-refractivity contribution is 9.10. The maximum atomic E-state index is 5.59. The summed E-state index contributed by atoms with van der Waals surface area (Å²) in [6.45, 7) is 9.82. The fourth-order valence-electron chi connectivity index (χ4n) is 1.94. The average Bonchev–Trinajstić information content (AvgIpc) is 2.89. The van der Waals surface area contributed by atoms with Crippen LogP contribution in [0.3, 0.4) is 0 Å². The van der Waals surface area contributed by atoms with Crippen molar-refractivity contribution in [2.24, 2.45) is 0 Å². The molecule has 0 aliphatic rings. The van der Waals surface area contributed by atoms with Crippen molar-refractivity contribution in [1.29, 1.82) is 0 Å². The summed E-state index contributed by atoms with van der Waals surface area (Å²) in [4.78, 5) is 0. The van der Waals surface area contributed by atoms with Crippen LogP contribution in [0.5, 0.6) is 0 Å². The minimum Gasteiger partial charge on any atom is -0.467 e. The van der Waals surface area contributed by atoms with Gasteiger partial charge < -0.3 is 9.73 Å². The zero-order chi connectivity index (χ0) is 14.0. The van der Waals surface area contributed by atoms with Crippen molar-refractivity contribution in [2.75, 3.05) is 0 Å². The fourth-order valence-corrected chi connectivity index (χ4v) is 2.23. The Morgan fingerprint density at radius 1 is 1.42 bits per heavy atom. The summed E-state index contributed by atoms with van der Waals surface area (Å²) < 4.78 is 8.63. The van der Waals surface area contributed by atoms with Crippen LogP contribution in [0.2, 0.25) is 0 Å². The number of aromatic nitrogens is 2. The van der Waals surface area contributed by atoms with E-state index in [1.165, 1.54) is 5.56 Å². The van der Waals surface area contributed by atoms with Gasteiger partial charge in [0.15, 0.2) is 0 Å². The molecule has 0 saturated carbocycles. The van der Waals surface area contributed by atoms with E-state index < -0.39 is 0 Å². The van der Waals surface area contributed by atoms with Crippen LogP contribution in [-0.2, 0) is 13.1 Å². The highest BCUT2D eigenvalue weighted by Gasteiger charge is 2.13. The molecule has 0 fully saturated rings. The molecule has 0 aliphatic carbocycles. The monoisotopic (exact) mass is 325 g/mol. The fraction of sp³-hybridized carbons (Fsp3) is 0.500. The summed E-state index contributed by atoms with van der Waals surface area (Å²) in [6, 6.07) is 2.48. The summed E-state index contributed by atoms with van der Waals surface area (Å²) in [6.07, 6.45) is 1.74. The molecular formula is C14H20BrN3O. The lowest BCUT2D eigenvalue weighted by molar-refractivity contribution is 0.466. The Balaban J connectivity index is 2.15. The van der Waals surface area contributed by atoms with Crippen LogP contribution in [0.15, 0.2) is 21.2 Å². The van der Waals surface area contributed by atoms with E-state index in [2.05, 4.69) is 47.1 Å². The van der Waals surface area contributed by atoms with E-state index in [0.29, 0.717) is 12.6 Å². The largest absolute Gasteiger partial charge is 0.467 e. The van der Waals surface area contributed by atoms with Gasteiger partial charge >= 0.3 is 0 Å². The molecule has 0 unspecified atom stereocenters. The van der Waals surface area contributed by atoms with Crippen molar-refractivity contribution in [2.45, 2.75) is 46.8 Å². The molecule has 104 valence electrons. The number of halogens is 1. The van der Waals surface area contributed by atoms with Gasteiger partial charge in [-0.15, -0.1) is 0 Å². The van der Waals surface area contributed by atoms with Gasteiger partial charge in [0, 0.05) is 18.2 Å². The van der Waals surface area contributed by atoms with Gasteiger partial charge in [-0.1, -0.05) is 13.8 Å². The van der Waals surface area contributed by atoms with Gasteiger partial charge in [-0.25, -0.2) is 0 Å². The van der Waals surface area contributed by atoms with E-state index >= 15 is 0 Å². The number of rotatable bonds is 5. The lowest BCUT2D eigenvalue weighted by atomic mass is 10.2. The second kappa shape index (κ2) is 5.92. The third-order valence-corrected chi connectivity index (χ3v) is 4.27. The maximum Gasteiger partial charge on any atom is 0.129 e. The molecule has 5 heteroatoms. The molecule has 4 nitrogen and oxygen atoms in total. The molecule has 0 saturated heterocycles. The van der Waals surface area contributed by atoms with E-state index in [0.717, 1.165) is 28.2 Å². The summed E-state index contributed by atoms with van der Waals surface area (Å²) >= 11 is 3.55. The second-order valence-electron chi connectivity index (χ2n) is 5.05. The summed E-state index contributed by atoms with van der Waals surface area (Å²) in [5.74, 6) is 0.964. The van der Waals surface area contributed by atoms with Crippen molar-refractivity contribution in [3.8, 4) is 0 Å². The van der Waals surface area contributed by atoms with Crippen molar-refractivity contribution >= 4 is 15.9 Å². The van der Waals surface area contributed by atoms with Gasteiger partial charge in [0.1, 0.15) is 5.76 Å². The van der Waals surface area contributed by atoms with Crippen LogP contribution < -0.4 is 5.32 Å². The molecular weight excluding hydrogens is 306 g/mol. The van der Waals surface area contributed by atoms with E-state index in [1.54, 1.807) is 6.26 Å². The zero-order valence-corrected chi connectivity index (χ0v) is 13.4. The quantitative estimate of drug-likeness (QED) is 0.916. The van der Waals surface area contributed by atoms with Crippen LogP contribution in [0.25, 0.3) is 0 Å². The van der Waals surface area contributed by atoms with Gasteiger partial charge in [-0.05, 0) is 35.8 Å². The SMILES string of the molecule is Cc1nn(Cc2occc2CNC(C)C)c(C)c1Br. The predicted molar refractivity (Wildman–Crippen MR) is 79.2 cm³/mol. The highest BCUT2D eigenvalue weighted by atomic mass is 79.9. The molecule has 2 aromatic rings. The van der Waals surface area contributed by atoms with Crippen molar-refractivity contribution in [3.63, 3.8) is 0 Å². The van der Waals surface area contributed by atoms with Crippen LogP contribution in [-0.4, -0.2) is 15.8 Å². The number of furan rings is 1. The van der Waals surface area contributed by atoms with Crippen LogP contribution in [0.1, 0.15) is 36.6 Å². The minimum atomic E-state index is 0.463. The maximum absolute atomic E-state index is 5.59. The van der Waals surface area contributed by atoms with Crippen molar-refractivity contribution < 1.29 is 4.42 Å². The Bertz CT molecular complexity index is 557. The van der Waals surface area contributed by atoms with Gasteiger partial charge in [-0.3, -0.25) is 4.68 Å². The molecule has 0 amide bonds. The van der Waals surface area contributed by atoms with Gasteiger partial charge in [0.25, 0.3) is 0 Å². The first-order valence-electron chi connectivity index (χ1n) is 6.47. The number of hydrogen-bond donors (Lipinski definition) is 1. The minimum absolute atomic E-state index is 0.463. The molecule has 2 aromatic heterocycles. The molecule has 0 spiro atoms. The molecule has 19 heavy (non-hydrogen) atoms. The normalized spacial score (nSPS) is 11.5. The van der Waals surface area contributed by atoms with E-state index in [9.17, 15) is 0 Å². The molecule has 0 aromatic carbocycles. The number of nitrogens with zero attached hydrogens (tertiary/aromatic N) is 2. The molecule has 2 rings (SSSR count). The average molecular weight is 326 g/mol. The lowest BCUT2D eigenvalue weighted by Crippen LogP contribution is -2.22. The Hall–Kier alpha value is -1.07. The first kappa shape index (κ1) is 14.3. The Morgan fingerprint density at radius 2 is 2.16 bits per heavy atom. The first-order chi connectivity index (χ1) is 8.99. The third kappa shape index (κ3) is 3.28. The Labute approximate surface area is 122 Å². The zero-order valence-electron chi connectivity index (χ0n) is 11.8. The second-order valence-corrected chi connectivity index (χ2v) is 5.84. The van der Waals surface area contributed by atoms with E-state index in [-0.39, 0.29) is 0 Å². The first-order valence-corrected chi connectivity index (χ1v) is 7.26. The summed E-state index contributed by atoms with van der Waals surface area (Å²) in [7, 11) is 0. The number of nitrogens with one attached hydrogen (secondary N) is 1. The van der Waals surface area contributed by atoms with Crippen molar-refractivity contribution in [3.05, 3.63) is 39.5 Å². The summed E-state index contributed by atoms with van der Waals surface area (Å²) in [5.41, 5.74) is 3.32. The summed E-state index contributed by atoms with van der Waals surface area (Å²) in [5, 5.41) is 7.92. The smallest absolute Gasteiger partial charge is 0.129 e. The van der Waals surface area contributed by atoms with Crippen LogP contribution >= 0.6 is 15.9 Å². The standard InChI is InChI=1S/C14H20BrN3O/c1-9(2)16-7-12-5-6-19-13(12)8-18-11(4)14(15)10(3)17-18/h5-6,9,16H,7-8H2,1-4H3. The van der Waals surface area contributed by atoms with Gasteiger partial charge in [0.05, 0.1) is 28.7 Å². The molecule has 0 bridgehead atoms. The van der Waals surface area contributed by atoms with Gasteiger partial charge in [0.2, 0.25) is 0 Å². The lowest BCUT2D eigenvalue weighted by Gasteiger charge is -2.09. The molecule has 0 aliphatic heterocycles. The molecule has 0 atom stereocenters. The van der Waals surface area contributed by atoms with Crippen molar-refractivity contribution in [1.82, 2.24) is 15.1 Å². The van der Waals surface area contributed by atoms with Crippen LogP contribution in [0.4, 0.5) is 0 Å². The number of aryl methyl sites for hydroxylation is 1. The van der Waals surface area contributed by atoms with Gasteiger partial charge in [-0.2, -0.15) is 5.10 Å². The topological polar surface area (TPSA) is 43.0 Å². The Morgan fingerprint density at radius 3 is 2.74 bits per heavy atom. The van der Waals surface area contributed by atoms with Crippen LogP contribution in [0, 0.1) is 13.8 Å². The highest BCUT2D eigenvalue weighted by Crippen LogP contribution is 2.21. The molecule has 2 heterocycles. The molecule has 1 N–H and O–H groups in total. The third-order valence-electron chi connectivity index (χ3n) is 3.13. The predicted octanol–water partition coefficient (Wildman–Crippen LogP) is 3.40. The Kier molecular flexibility index (Phi) is 4.47. The van der Waals surface area contributed by atoms with E-state index in [1.807, 2.05) is 17.7 Å². The van der Waals surface area contributed by atoms with E-state index in [4.69, 9.17) is 4.42 Å². The number of hydrogen-bond acceptors (Lipinski definition) is 3.